The average Bonchev–Trinajstić information content (AvgIpc) is 2.34. The SMILES string of the molecule is COC(=O)[C@H](NS(=O)C(C)(C)C)c1ccccc1. The Labute approximate surface area is 110 Å². The van der Waals surface area contributed by atoms with Crippen LogP contribution in [0.5, 0.6) is 0 Å². The lowest BCUT2D eigenvalue weighted by Crippen LogP contribution is -2.39. The number of carbonyl (C=O) groups excluding carboxylic acids is 1. The minimum absolute atomic E-state index is 0.443. The molecule has 2 atom stereocenters. The summed E-state index contributed by atoms with van der Waals surface area (Å²) in [4.78, 5) is 11.8. The number of carbonyl (C=O) groups is 1. The third-order valence-electron chi connectivity index (χ3n) is 2.35. The molecule has 0 amide bonds. The molecule has 0 saturated heterocycles. The fraction of sp³-hybridized carbons (Fsp3) is 0.462. The van der Waals surface area contributed by atoms with Gasteiger partial charge in [0.25, 0.3) is 0 Å². The zero-order valence-corrected chi connectivity index (χ0v) is 11.9. The van der Waals surface area contributed by atoms with Crippen LogP contribution >= 0.6 is 0 Å². The van der Waals surface area contributed by atoms with Crippen LogP contribution in [0.15, 0.2) is 30.3 Å². The Balaban J connectivity index is 2.95. The smallest absolute Gasteiger partial charge is 0.328 e. The molecule has 4 nitrogen and oxygen atoms in total. The first-order chi connectivity index (χ1) is 8.36. The lowest BCUT2D eigenvalue weighted by Gasteiger charge is -2.23. The summed E-state index contributed by atoms with van der Waals surface area (Å²) in [7, 11) is -0.0215. The highest BCUT2D eigenvalue weighted by Crippen LogP contribution is 2.18. The van der Waals surface area contributed by atoms with Gasteiger partial charge < -0.3 is 4.74 Å². The molecule has 1 aromatic rings. The Morgan fingerprint density at radius 1 is 1.28 bits per heavy atom. The molecule has 5 heteroatoms. The molecule has 18 heavy (non-hydrogen) atoms. The maximum absolute atomic E-state index is 12.1. The molecule has 0 radical (unpaired) electrons. The Morgan fingerprint density at radius 3 is 2.28 bits per heavy atom. The summed E-state index contributed by atoms with van der Waals surface area (Å²) in [6, 6.07) is 8.40. The summed E-state index contributed by atoms with van der Waals surface area (Å²) in [6.07, 6.45) is 0. The maximum atomic E-state index is 12.1. The number of hydrogen-bond acceptors (Lipinski definition) is 3. The second-order valence-electron chi connectivity index (χ2n) is 4.87. The Morgan fingerprint density at radius 2 is 1.83 bits per heavy atom. The summed E-state index contributed by atoms with van der Waals surface area (Å²) in [5.74, 6) is -0.446. The van der Waals surface area contributed by atoms with Gasteiger partial charge in [-0.25, -0.2) is 13.7 Å². The fourth-order valence-corrected chi connectivity index (χ4v) is 2.10. The summed E-state index contributed by atoms with van der Waals surface area (Å²) >= 11 is 0. The molecule has 1 aromatic carbocycles. The van der Waals surface area contributed by atoms with Crippen LogP contribution in [0, 0.1) is 0 Å². The van der Waals surface area contributed by atoms with E-state index in [1.165, 1.54) is 7.11 Å². The van der Waals surface area contributed by atoms with Crippen molar-refractivity contribution in [1.29, 1.82) is 0 Å². The number of benzene rings is 1. The fourth-order valence-electron chi connectivity index (χ4n) is 1.30. The first kappa shape index (κ1) is 14.9. The molecular formula is C13H19NO3S. The van der Waals surface area contributed by atoms with Gasteiger partial charge in [0.1, 0.15) is 6.04 Å². The monoisotopic (exact) mass is 269 g/mol. The van der Waals surface area contributed by atoms with Crippen molar-refractivity contribution in [3.63, 3.8) is 0 Å². The van der Waals surface area contributed by atoms with Gasteiger partial charge in [-0.3, -0.25) is 0 Å². The third-order valence-corrected chi connectivity index (χ3v) is 3.91. The van der Waals surface area contributed by atoms with Crippen LogP contribution in [0.4, 0.5) is 0 Å². The normalized spacial score (nSPS) is 14.9. The molecular weight excluding hydrogens is 250 g/mol. The summed E-state index contributed by atoms with van der Waals surface area (Å²) in [6.45, 7) is 5.53. The molecule has 0 aliphatic carbocycles. The largest absolute Gasteiger partial charge is 0.468 e. The van der Waals surface area contributed by atoms with Crippen LogP contribution in [-0.2, 0) is 20.5 Å². The van der Waals surface area contributed by atoms with Crippen molar-refractivity contribution >= 4 is 17.0 Å². The molecule has 1 unspecified atom stereocenters. The van der Waals surface area contributed by atoms with Crippen molar-refractivity contribution in [2.24, 2.45) is 0 Å². The molecule has 0 aliphatic heterocycles. The molecule has 0 heterocycles. The van der Waals surface area contributed by atoms with Gasteiger partial charge in [0.15, 0.2) is 0 Å². The first-order valence-electron chi connectivity index (χ1n) is 5.67. The minimum Gasteiger partial charge on any atom is -0.468 e. The van der Waals surface area contributed by atoms with E-state index < -0.39 is 27.7 Å². The van der Waals surface area contributed by atoms with Crippen molar-refractivity contribution in [1.82, 2.24) is 4.72 Å². The van der Waals surface area contributed by atoms with E-state index in [0.29, 0.717) is 0 Å². The molecule has 0 spiro atoms. The summed E-state index contributed by atoms with van der Waals surface area (Å²) in [5, 5.41) is 0. The van der Waals surface area contributed by atoms with E-state index in [1.54, 1.807) is 12.1 Å². The van der Waals surface area contributed by atoms with Gasteiger partial charge in [0.2, 0.25) is 0 Å². The zero-order chi connectivity index (χ0) is 13.8. The van der Waals surface area contributed by atoms with Gasteiger partial charge in [-0.2, -0.15) is 0 Å². The van der Waals surface area contributed by atoms with Crippen LogP contribution in [-0.4, -0.2) is 22.0 Å². The van der Waals surface area contributed by atoms with Gasteiger partial charge in [0, 0.05) is 0 Å². The molecule has 1 rings (SSSR count). The molecule has 0 fully saturated rings. The minimum atomic E-state index is -1.34. The molecule has 0 bridgehead atoms. The second kappa shape index (κ2) is 6.11. The number of hydrogen-bond donors (Lipinski definition) is 1. The van der Waals surface area contributed by atoms with Crippen molar-refractivity contribution in [2.75, 3.05) is 7.11 Å². The van der Waals surface area contributed by atoms with E-state index in [4.69, 9.17) is 4.74 Å². The number of ether oxygens (including phenoxy) is 1. The second-order valence-corrected chi connectivity index (χ2v) is 6.86. The van der Waals surface area contributed by atoms with Crippen LogP contribution < -0.4 is 4.72 Å². The van der Waals surface area contributed by atoms with Crippen molar-refractivity contribution in [3.8, 4) is 0 Å². The Bertz CT molecular complexity index is 426. The number of esters is 1. The highest BCUT2D eigenvalue weighted by molar-refractivity contribution is 7.84. The van der Waals surface area contributed by atoms with Gasteiger partial charge in [-0.1, -0.05) is 30.3 Å². The average molecular weight is 269 g/mol. The summed E-state index contributed by atoms with van der Waals surface area (Å²) < 4.78 is 19.2. The lowest BCUT2D eigenvalue weighted by molar-refractivity contribution is -0.142. The highest BCUT2D eigenvalue weighted by Gasteiger charge is 2.28. The quantitative estimate of drug-likeness (QED) is 0.850. The van der Waals surface area contributed by atoms with E-state index >= 15 is 0 Å². The van der Waals surface area contributed by atoms with Crippen LogP contribution in [0.25, 0.3) is 0 Å². The van der Waals surface area contributed by atoms with Gasteiger partial charge in [0.05, 0.1) is 22.8 Å². The maximum Gasteiger partial charge on any atom is 0.328 e. The number of methoxy groups -OCH3 is 1. The topological polar surface area (TPSA) is 55.4 Å². The highest BCUT2D eigenvalue weighted by atomic mass is 32.2. The lowest BCUT2D eigenvalue weighted by atomic mass is 10.1. The third kappa shape index (κ3) is 3.92. The molecule has 0 aliphatic rings. The van der Waals surface area contributed by atoms with E-state index in [1.807, 2.05) is 39.0 Å². The summed E-state index contributed by atoms with van der Waals surface area (Å²) in [5.41, 5.74) is 0.738. The van der Waals surface area contributed by atoms with E-state index in [2.05, 4.69) is 4.72 Å². The van der Waals surface area contributed by atoms with Gasteiger partial charge in [-0.15, -0.1) is 0 Å². The van der Waals surface area contributed by atoms with Crippen LogP contribution in [0.2, 0.25) is 0 Å². The molecule has 1 N–H and O–H groups in total. The zero-order valence-electron chi connectivity index (χ0n) is 11.1. The predicted octanol–water partition coefficient (Wildman–Crippen LogP) is 1.95. The standard InChI is InChI=1S/C13H19NO3S/c1-13(2,3)18(16)14-11(12(15)17-4)10-8-6-5-7-9-10/h5-9,11,14H,1-4H3/t11-,18?/m1/s1. The van der Waals surface area contributed by atoms with Gasteiger partial charge in [-0.05, 0) is 26.3 Å². The van der Waals surface area contributed by atoms with E-state index in [9.17, 15) is 9.00 Å². The Hall–Kier alpha value is -1.20. The van der Waals surface area contributed by atoms with Crippen molar-refractivity contribution < 1.29 is 13.7 Å². The van der Waals surface area contributed by atoms with Crippen molar-refractivity contribution in [2.45, 2.75) is 31.6 Å². The van der Waals surface area contributed by atoms with E-state index in [-0.39, 0.29) is 0 Å². The molecule has 100 valence electrons. The molecule has 0 saturated carbocycles. The van der Waals surface area contributed by atoms with Crippen molar-refractivity contribution in [3.05, 3.63) is 35.9 Å². The number of rotatable bonds is 4. The van der Waals surface area contributed by atoms with Crippen LogP contribution in [0.3, 0.4) is 0 Å². The molecule has 0 aromatic heterocycles. The van der Waals surface area contributed by atoms with Gasteiger partial charge >= 0.3 is 5.97 Å². The van der Waals surface area contributed by atoms with Crippen LogP contribution in [0.1, 0.15) is 32.4 Å². The first-order valence-corrected chi connectivity index (χ1v) is 6.82. The Kier molecular flexibility index (Phi) is 5.04. The predicted molar refractivity (Wildman–Crippen MR) is 72.2 cm³/mol. The number of nitrogens with one attached hydrogen (secondary N) is 1. The van der Waals surface area contributed by atoms with E-state index in [0.717, 1.165) is 5.56 Å².